The van der Waals surface area contributed by atoms with E-state index in [1.54, 1.807) is 12.1 Å². The Kier molecular flexibility index (Phi) is 6.44. The smallest absolute Gasteiger partial charge is 0.225 e. The van der Waals surface area contributed by atoms with Crippen molar-refractivity contribution in [2.24, 2.45) is 5.73 Å². The maximum Gasteiger partial charge on any atom is 0.225 e. The van der Waals surface area contributed by atoms with Crippen molar-refractivity contribution in [3.63, 3.8) is 0 Å². The molecule has 1 saturated carbocycles. The first-order valence-electron chi connectivity index (χ1n) is 11.4. The van der Waals surface area contributed by atoms with Gasteiger partial charge in [0.15, 0.2) is 5.82 Å². The zero-order valence-corrected chi connectivity index (χ0v) is 19.9. The molecule has 1 aliphatic rings. The fourth-order valence-corrected chi connectivity index (χ4v) is 4.40. The predicted octanol–water partition coefficient (Wildman–Crippen LogP) is 5.19. The Bertz CT molecular complexity index is 1110. The molecule has 1 aromatic carbocycles. The van der Waals surface area contributed by atoms with Gasteiger partial charge in [-0.05, 0) is 50.8 Å². The first-order valence-corrected chi connectivity index (χ1v) is 11.8. The number of rotatable bonds is 6. The third-order valence-corrected chi connectivity index (χ3v) is 6.33. The lowest BCUT2D eigenvalue weighted by molar-refractivity contribution is 0.402. The number of nitrogens with one attached hydrogen (secondary N) is 2. The van der Waals surface area contributed by atoms with E-state index in [4.69, 9.17) is 38.1 Å². The van der Waals surface area contributed by atoms with E-state index in [1.165, 1.54) is 6.42 Å². The molecular formula is C23H33ClN8. The van der Waals surface area contributed by atoms with Gasteiger partial charge in [0, 0.05) is 23.8 Å². The van der Waals surface area contributed by atoms with Crippen LogP contribution in [0.4, 0.5) is 23.1 Å². The summed E-state index contributed by atoms with van der Waals surface area (Å²) in [6.07, 6.45) is 4.35. The normalized spacial score (nSPS) is 19.1. The largest absolute Gasteiger partial charge is 0.398 e. The molecule has 0 radical (unpaired) electrons. The van der Waals surface area contributed by atoms with Crippen LogP contribution in [0, 0.1) is 0 Å². The number of nitrogens with two attached hydrogens (primary N) is 2. The average Bonchev–Trinajstić information content (AvgIpc) is 3.13. The summed E-state index contributed by atoms with van der Waals surface area (Å²) in [6.45, 7) is 8.47. The molecule has 0 saturated heterocycles. The van der Waals surface area contributed by atoms with E-state index >= 15 is 0 Å². The maximum atomic E-state index is 6.38. The molecule has 0 aliphatic heterocycles. The van der Waals surface area contributed by atoms with Gasteiger partial charge in [-0.25, -0.2) is 4.98 Å². The van der Waals surface area contributed by atoms with Crippen molar-refractivity contribution in [1.82, 2.24) is 19.7 Å². The third-order valence-electron chi connectivity index (χ3n) is 6.00. The molecular weight excluding hydrogens is 424 g/mol. The number of hydrogen-bond acceptors (Lipinski definition) is 7. The topological polar surface area (TPSA) is 120 Å². The second kappa shape index (κ2) is 9.11. The van der Waals surface area contributed by atoms with Crippen molar-refractivity contribution in [2.75, 3.05) is 16.4 Å². The van der Waals surface area contributed by atoms with E-state index < -0.39 is 0 Å². The Labute approximate surface area is 194 Å². The number of aromatic nitrogens is 4. The average molecular weight is 457 g/mol. The molecule has 8 nitrogen and oxygen atoms in total. The predicted molar refractivity (Wildman–Crippen MR) is 133 cm³/mol. The van der Waals surface area contributed by atoms with E-state index in [0.29, 0.717) is 22.5 Å². The molecule has 0 amide bonds. The molecule has 4 rings (SSSR count). The van der Waals surface area contributed by atoms with Crippen molar-refractivity contribution in [1.29, 1.82) is 0 Å². The van der Waals surface area contributed by atoms with Crippen LogP contribution in [0.1, 0.15) is 71.0 Å². The third kappa shape index (κ3) is 4.47. The van der Waals surface area contributed by atoms with Crippen LogP contribution < -0.4 is 22.1 Å². The Morgan fingerprint density at radius 1 is 1.12 bits per heavy atom. The lowest BCUT2D eigenvalue weighted by Gasteiger charge is -2.29. The van der Waals surface area contributed by atoms with Crippen molar-refractivity contribution in [3.8, 4) is 0 Å². The lowest BCUT2D eigenvalue weighted by Crippen LogP contribution is -2.43. The van der Waals surface area contributed by atoms with Crippen LogP contribution in [0.5, 0.6) is 0 Å². The van der Waals surface area contributed by atoms with Crippen LogP contribution in [0.3, 0.4) is 0 Å². The number of nitrogens with zero attached hydrogens (tertiary/aromatic N) is 4. The van der Waals surface area contributed by atoms with Gasteiger partial charge in [0.05, 0.1) is 16.4 Å². The lowest BCUT2D eigenvalue weighted by atomic mass is 9.91. The standard InChI is InChI=1S/C23H33ClN8/c1-12(2)19-20-21(32(31-19)13(3)4)22(27-14-9-10-16(25)15(24)11-14)30-23(29-20)28-18-8-6-5-7-17(18)26/h9-13,17-18H,5-8,25-26H2,1-4H3,(H2,27,28,29,30). The highest BCUT2D eigenvalue weighted by Crippen LogP contribution is 2.34. The molecule has 32 heavy (non-hydrogen) atoms. The van der Waals surface area contributed by atoms with Crippen LogP contribution in [0.2, 0.25) is 5.02 Å². The van der Waals surface area contributed by atoms with Crippen LogP contribution in [-0.2, 0) is 0 Å². The van der Waals surface area contributed by atoms with Gasteiger partial charge in [0.1, 0.15) is 11.0 Å². The summed E-state index contributed by atoms with van der Waals surface area (Å²) in [5.41, 5.74) is 16.3. The number of nitrogen functional groups attached to an aromatic ring is 1. The van der Waals surface area contributed by atoms with E-state index in [9.17, 15) is 0 Å². The SMILES string of the molecule is CC(C)c1nn(C(C)C)c2c(Nc3ccc(N)c(Cl)c3)nc(NC3CCCCC3N)nc12. The maximum absolute atomic E-state index is 6.38. The molecule has 1 aliphatic carbocycles. The van der Waals surface area contributed by atoms with E-state index in [1.807, 2.05) is 10.7 Å². The van der Waals surface area contributed by atoms with Gasteiger partial charge in [0.2, 0.25) is 5.95 Å². The van der Waals surface area contributed by atoms with Gasteiger partial charge >= 0.3 is 0 Å². The molecule has 2 unspecified atom stereocenters. The molecule has 0 bridgehead atoms. The summed E-state index contributed by atoms with van der Waals surface area (Å²) in [7, 11) is 0. The van der Waals surface area contributed by atoms with Gasteiger partial charge in [-0.1, -0.05) is 38.3 Å². The van der Waals surface area contributed by atoms with Crippen molar-refractivity contribution >= 4 is 45.8 Å². The first kappa shape index (κ1) is 22.6. The highest BCUT2D eigenvalue weighted by Gasteiger charge is 2.25. The summed E-state index contributed by atoms with van der Waals surface area (Å²) in [5, 5.41) is 12.3. The summed E-state index contributed by atoms with van der Waals surface area (Å²) >= 11 is 6.26. The first-order chi connectivity index (χ1) is 15.2. The summed E-state index contributed by atoms with van der Waals surface area (Å²) in [6, 6.07) is 5.87. The van der Waals surface area contributed by atoms with Crippen molar-refractivity contribution in [2.45, 2.75) is 77.4 Å². The van der Waals surface area contributed by atoms with Gasteiger partial charge < -0.3 is 22.1 Å². The minimum Gasteiger partial charge on any atom is -0.398 e. The summed E-state index contributed by atoms with van der Waals surface area (Å²) in [4.78, 5) is 9.78. The number of hydrogen-bond donors (Lipinski definition) is 4. The number of halogens is 1. The van der Waals surface area contributed by atoms with Crippen LogP contribution in [0.25, 0.3) is 11.0 Å². The Balaban J connectivity index is 1.84. The zero-order chi connectivity index (χ0) is 23.0. The van der Waals surface area contributed by atoms with Crippen LogP contribution >= 0.6 is 11.6 Å². The van der Waals surface area contributed by atoms with Crippen LogP contribution in [-0.4, -0.2) is 31.8 Å². The zero-order valence-electron chi connectivity index (χ0n) is 19.2. The monoisotopic (exact) mass is 456 g/mol. The second-order valence-electron chi connectivity index (χ2n) is 9.23. The fourth-order valence-electron chi connectivity index (χ4n) is 4.22. The molecule has 172 valence electrons. The Morgan fingerprint density at radius 2 is 1.88 bits per heavy atom. The number of anilines is 4. The summed E-state index contributed by atoms with van der Waals surface area (Å²) in [5.74, 6) is 1.46. The van der Waals surface area contributed by atoms with Gasteiger partial charge in [-0.15, -0.1) is 0 Å². The molecule has 3 aromatic rings. The molecule has 0 spiro atoms. The number of benzene rings is 1. The molecule has 2 atom stereocenters. The van der Waals surface area contributed by atoms with Crippen molar-refractivity contribution in [3.05, 3.63) is 28.9 Å². The van der Waals surface area contributed by atoms with Crippen molar-refractivity contribution < 1.29 is 0 Å². The van der Waals surface area contributed by atoms with Gasteiger partial charge in [0.25, 0.3) is 0 Å². The van der Waals surface area contributed by atoms with E-state index in [-0.39, 0.29) is 24.0 Å². The number of fused-ring (bicyclic) bond motifs is 1. The van der Waals surface area contributed by atoms with E-state index in [2.05, 4.69) is 38.3 Å². The fraction of sp³-hybridized carbons (Fsp3) is 0.522. The minimum absolute atomic E-state index is 0.0957. The quantitative estimate of drug-likeness (QED) is 0.376. The molecule has 1 fully saturated rings. The highest BCUT2D eigenvalue weighted by atomic mass is 35.5. The highest BCUT2D eigenvalue weighted by molar-refractivity contribution is 6.33. The minimum atomic E-state index is 0.0957. The van der Waals surface area contributed by atoms with Gasteiger partial charge in [-0.3, -0.25) is 4.68 Å². The van der Waals surface area contributed by atoms with E-state index in [0.717, 1.165) is 41.7 Å². The molecule has 2 aromatic heterocycles. The summed E-state index contributed by atoms with van der Waals surface area (Å²) < 4.78 is 1.99. The van der Waals surface area contributed by atoms with Gasteiger partial charge in [-0.2, -0.15) is 10.1 Å². The molecule has 9 heteroatoms. The second-order valence-corrected chi connectivity index (χ2v) is 9.64. The Morgan fingerprint density at radius 3 is 2.53 bits per heavy atom. The molecule has 2 heterocycles. The Hall–Kier alpha value is -2.58. The van der Waals surface area contributed by atoms with Crippen LogP contribution in [0.15, 0.2) is 18.2 Å². The molecule has 6 N–H and O–H groups in total.